The van der Waals surface area contributed by atoms with Crippen molar-refractivity contribution in [2.24, 2.45) is 0 Å². The number of nitrogen functional groups attached to an aromatic ring is 1. The number of nitrogens with two attached hydrogens (primary N) is 1. The molecule has 4 saturated heterocycles. The largest absolute Gasteiger partial charge is 0.461 e. The summed E-state index contributed by atoms with van der Waals surface area (Å²) in [5, 5.41) is 3.67. The number of ether oxygens (including phenoxy) is 1. The lowest BCUT2D eigenvalue weighted by Gasteiger charge is -2.41. The van der Waals surface area contributed by atoms with Gasteiger partial charge in [-0.2, -0.15) is 23.1 Å². The van der Waals surface area contributed by atoms with Crippen LogP contribution in [0.1, 0.15) is 62.1 Å². The highest BCUT2D eigenvalue weighted by molar-refractivity contribution is 6.04. The molecule has 5 aliphatic rings. The first-order valence-electron chi connectivity index (χ1n) is 16.4. The average Bonchev–Trinajstić information content (AvgIpc) is 3.67. The number of alkyl halides is 3. The predicted molar refractivity (Wildman–Crippen MR) is 171 cm³/mol. The fourth-order valence-corrected chi connectivity index (χ4v) is 9.00. The molecular formula is C35H36F6N6O. The molecule has 0 radical (unpaired) electrons. The van der Waals surface area contributed by atoms with E-state index in [-0.39, 0.29) is 76.5 Å². The van der Waals surface area contributed by atoms with Crippen LogP contribution < -0.4 is 20.7 Å². The third-order valence-corrected chi connectivity index (χ3v) is 11.2. The zero-order valence-electron chi connectivity index (χ0n) is 26.7. The predicted octanol–water partition coefficient (Wildman–Crippen LogP) is 7.07. The van der Waals surface area contributed by atoms with Gasteiger partial charge in [-0.3, -0.25) is 4.90 Å². The minimum absolute atomic E-state index is 0.0311. The number of aromatic nitrogens is 2. The smallest absolute Gasteiger partial charge is 0.417 e. The van der Waals surface area contributed by atoms with Crippen molar-refractivity contribution < 1.29 is 31.1 Å². The van der Waals surface area contributed by atoms with E-state index in [1.54, 1.807) is 0 Å². The van der Waals surface area contributed by atoms with E-state index in [4.69, 9.17) is 15.5 Å². The van der Waals surface area contributed by atoms with Gasteiger partial charge in [0.15, 0.2) is 5.82 Å². The Morgan fingerprint density at radius 1 is 1.17 bits per heavy atom. The quantitative estimate of drug-likeness (QED) is 0.227. The lowest BCUT2D eigenvalue weighted by molar-refractivity contribution is -0.137. The molecule has 5 aliphatic heterocycles. The summed E-state index contributed by atoms with van der Waals surface area (Å²) in [5.41, 5.74) is 2.95. The molecule has 7 nitrogen and oxygen atoms in total. The van der Waals surface area contributed by atoms with Crippen molar-refractivity contribution in [2.45, 2.75) is 82.2 Å². The highest BCUT2D eigenvalue weighted by Crippen LogP contribution is 2.50. The summed E-state index contributed by atoms with van der Waals surface area (Å²) in [7, 11) is 0. The van der Waals surface area contributed by atoms with Gasteiger partial charge in [0.25, 0.3) is 0 Å². The molecule has 0 amide bonds. The molecule has 13 heteroatoms. The van der Waals surface area contributed by atoms with Crippen LogP contribution in [0, 0.1) is 18.6 Å². The first kappa shape index (κ1) is 31.4. The monoisotopic (exact) mass is 670 g/mol. The van der Waals surface area contributed by atoms with Crippen LogP contribution in [0.15, 0.2) is 30.1 Å². The molecule has 3 N–H and O–H groups in total. The summed E-state index contributed by atoms with van der Waals surface area (Å²) in [5.74, 6) is -2.38. The van der Waals surface area contributed by atoms with Gasteiger partial charge in [0, 0.05) is 48.0 Å². The molecule has 2 aromatic carbocycles. The van der Waals surface area contributed by atoms with Crippen LogP contribution in [0.3, 0.4) is 0 Å². The molecule has 0 unspecified atom stereocenters. The van der Waals surface area contributed by atoms with E-state index >= 15 is 8.78 Å². The van der Waals surface area contributed by atoms with E-state index in [2.05, 4.69) is 21.8 Å². The fraction of sp³-hybridized carbons (Fsp3) is 0.486. The van der Waals surface area contributed by atoms with E-state index in [1.807, 2.05) is 4.90 Å². The number of hydrogen-bond acceptors (Lipinski definition) is 7. The maximum atomic E-state index is 17.0. The summed E-state index contributed by atoms with van der Waals surface area (Å²) in [6.45, 7) is 8.72. The Kier molecular flexibility index (Phi) is 7.09. The third-order valence-electron chi connectivity index (χ3n) is 11.2. The molecule has 254 valence electrons. The lowest BCUT2D eigenvalue weighted by Crippen LogP contribution is -2.58. The molecule has 3 aromatic rings. The van der Waals surface area contributed by atoms with Crippen molar-refractivity contribution in [3.8, 4) is 17.1 Å². The summed E-state index contributed by atoms with van der Waals surface area (Å²) < 4.78 is 97.9. The van der Waals surface area contributed by atoms with Crippen LogP contribution in [0.4, 0.5) is 37.8 Å². The second-order valence-electron chi connectivity index (χ2n) is 14.1. The Labute approximate surface area is 273 Å². The number of hydrogen-bond donors (Lipinski definition) is 2. The summed E-state index contributed by atoms with van der Waals surface area (Å²) in [6, 6.07) is 1.86. The van der Waals surface area contributed by atoms with E-state index in [9.17, 15) is 17.6 Å². The Morgan fingerprint density at radius 2 is 1.96 bits per heavy atom. The fourth-order valence-electron chi connectivity index (χ4n) is 9.00. The van der Waals surface area contributed by atoms with Gasteiger partial charge >= 0.3 is 12.2 Å². The van der Waals surface area contributed by atoms with Crippen molar-refractivity contribution in [3.63, 3.8) is 0 Å². The highest BCUT2D eigenvalue weighted by atomic mass is 19.4. The number of nitrogens with one attached hydrogen (secondary N) is 1. The standard InChI is InChI=1S/C35H36F6N6O/c1-16-10-24-23-6-5-21(43-23)14-47(24)32-27-25(16)29(37)26(22-11-20(42)9-17(2)28(22)35(39,40)41)30(38)31(27)44-33(45-32)48-15-34-7-4-8-46(34)13-19(12-34)18(3)36/h9,11,21,23-24,43H,1,4-8,10,12-15,42H2,2-3H3/b19-18+/t21-,23+,24-,34+/m1/s1. The van der Waals surface area contributed by atoms with Crippen molar-refractivity contribution >= 4 is 28.0 Å². The van der Waals surface area contributed by atoms with Crippen LogP contribution in [0.25, 0.3) is 27.6 Å². The zero-order valence-corrected chi connectivity index (χ0v) is 26.7. The Balaban J connectivity index is 1.35. The number of fused-ring (bicyclic) bond motifs is 6. The lowest BCUT2D eigenvalue weighted by atomic mass is 9.88. The van der Waals surface area contributed by atoms with Crippen LogP contribution in [-0.2, 0) is 6.18 Å². The molecule has 48 heavy (non-hydrogen) atoms. The topological polar surface area (TPSA) is 79.5 Å². The molecule has 0 aliphatic carbocycles. The summed E-state index contributed by atoms with van der Waals surface area (Å²) >= 11 is 0. The Bertz CT molecular complexity index is 1920. The molecule has 0 saturated carbocycles. The van der Waals surface area contributed by atoms with Gasteiger partial charge in [-0.1, -0.05) is 6.58 Å². The second kappa shape index (κ2) is 10.8. The van der Waals surface area contributed by atoms with E-state index < -0.39 is 40.0 Å². The Hall–Kier alpha value is -3.84. The van der Waals surface area contributed by atoms with Crippen LogP contribution in [0.2, 0.25) is 0 Å². The van der Waals surface area contributed by atoms with E-state index in [0.29, 0.717) is 30.7 Å². The molecule has 6 heterocycles. The number of halogens is 6. The average molecular weight is 671 g/mol. The van der Waals surface area contributed by atoms with Gasteiger partial charge in [0.1, 0.15) is 23.8 Å². The summed E-state index contributed by atoms with van der Waals surface area (Å²) in [6.07, 6.45) is -0.714. The molecule has 1 aromatic heterocycles. The number of nitrogens with zero attached hydrogens (tertiary/aromatic N) is 4. The molecule has 4 fully saturated rings. The summed E-state index contributed by atoms with van der Waals surface area (Å²) in [4.78, 5) is 13.5. The van der Waals surface area contributed by atoms with Crippen molar-refractivity contribution in [1.29, 1.82) is 0 Å². The van der Waals surface area contributed by atoms with Crippen molar-refractivity contribution in [2.75, 3.05) is 36.9 Å². The third kappa shape index (κ3) is 4.71. The van der Waals surface area contributed by atoms with Crippen LogP contribution in [0.5, 0.6) is 6.01 Å². The maximum absolute atomic E-state index is 17.0. The van der Waals surface area contributed by atoms with Gasteiger partial charge in [0.05, 0.1) is 27.9 Å². The molecule has 2 bridgehead atoms. The van der Waals surface area contributed by atoms with E-state index in [1.165, 1.54) is 13.8 Å². The minimum atomic E-state index is -4.93. The molecule has 8 rings (SSSR count). The van der Waals surface area contributed by atoms with Crippen molar-refractivity contribution in [3.05, 3.63) is 58.4 Å². The van der Waals surface area contributed by atoms with Gasteiger partial charge < -0.3 is 20.7 Å². The van der Waals surface area contributed by atoms with Crippen molar-refractivity contribution in [1.82, 2.24) is 20.2 Å². The SMILES string of the molecule is C=C1C[C@@H]2[C@@H]3CC[C@H](CN2c2nc(OC[C@@]45CCCN4C/C(=C(\C)F)C5)nc4c(F)c(-c5cc(N)cc(C)c5C(F)(F)F)c(F)c1c24)N3. The number of anilines is 2. The maximum Gasteiger partial charge on any atom is 0.417 e. The number of piperazine rings is 1. The van der Waals surface area contributed by atoms with E-state index in [0.717, 1.165) is 44.4 Å². The number of aryl methyl sites for hydroxylation is 1. The van der Waals surface area contributed by atoms with Crippen LogP contribution in [-0.4, -0.2) is 64.8 Å². The zero-order chi connectivity index (χ0) is 33.9. The highest BCUT2D eigenvalue weighted by Gasteiger charge is 2.49. The van der Waals surface area contributed by atoms with Gasteiger partial charge in [-0.15, -0.1) is 0 Å². The second-order valence-corrected chi connectivity index (χ2v) is 14.1. The number of rotatable bonds is 4. The first-order chi connectivity index (χ1) is 22.8. The minimum Gasteiger partial charge on any atom is -0.461 e. The van der Waals surface area contributed by atoms with Gasteiger partial charge in [-0.05, 0) is 87.8 Å². The first-order valence-corrected chi connectivity index (χ1v) is 16.4. The number of benzene rings is 2. The number of allylic oxidation sites excluding steroid dienone is 1. The van der Waals surface area contributed by atoms with Gasteiger partial charge in [0.2, 0.25) is 0 Å². The normalized spacial score (nSPS) is 27.8. The molecule has 4 atom stereocenters. The molecule has 0 spiro atoms. The molecular weight excluding hydrogens is 634 g/mol. The van der Waals surface area contributed by atoms with Gasteiger partial charge in [-0.25, -0.2) is 13.2 Å². The Morgan fingerprint density at radius 3 is 2.71 bits per heavy atom. The van der Waals surface area contributed by atoms with Crippen LogP contribution >= 0.6 is 0 Å².